The fourth-order valence-corrected chi connectivity index (χ4v) is 2.26. The summed E-state index contributed by atoms with van der Waals surface area (Å²) in [5.74, 6) is 0.745. The lowest BCUT2D eigenvalue weighted by Crippen LogP contribution is -2.44. The van der Waals surface area contributed by atoms with Gasteiger partial charge in [0, 0.05) is 11.6 Å². The maximum atomic E-state index is 10.7. The van der Waals surface area contributed by atoms with E-state index in [1.54, 1.807) is 13.0 Å². The summed E-state index contributed by atoms with van der Waals surface area (Å²) in [6.45, 7) is 3.83. The molecule has 0 unspecified atom stereocenters. The minimum absolute atomic E-state index is 0.0784. The van der Waals surface area contributed by atoms with Gasteiger partial charge in [0.15, 0.2) is 0 Å². The molecule has 0 spiro atoms. The van der Waals surface area contributed by atoms with Gasteiger partial charge in [-0.05, 0) is 38.7 Å². The Hall–Kier alpha value is -1.65. The van der Waals surface area contributed by atoms with Crippen molar-refractivity contribution in [2.45, 2.75) is 45.1 Å². The summed E-state index contributed by atoms with van der Waals surface area (Å²) in [5, 5.41) is 14.1. The van der Waals surface area contributed by atoms with Gasteiger partial charge in [-0.25, -0.2) is 4.98 Å². The number of hydrogen-bond acceptors (Lipinski definition) is 4. The Morgan fingerprint density at radius 3 is 2.65 bits per heavy atom. The summed E-state index contributed by atoms with van der Waals surface area (Å²) in [6, 6.07) is 3.22. The lowest BCUT2D eigenvalue weighted by molar-refractivity contribution is -0.385. The second-order valence-electron chi connectivity index (χ2n) is 4.67. The maximum absolute atomic E-state index is 10.7. The van der Waals surface area contributed by atoms with Gasteiger partial charge in [0.25, 0.3) is 5.69 Å². The molecule has 92 valence electrons. The Labute approximate surface area is 100 Å². The van der Waals surface area contributed by atoms with Gasteiger partial charge in [0.1, 0.15) is 11.5 Å². The molecule has 17 heavy (non-hydrogen) atoms. The molecule has 1 aliphatic carbocycles. The highest BCUT2D eigenvalue weighted by Crippen LogP contribution is 2.37. The molecule has 1 saturated carbocycles. The molecule has 1 heterocycles. The highest BCUT2D eigenvalue weighted by Gasteiger charge is 2.35. The summed E-state index contributed by atoms with van der Waals surface area (Å²) in [4.78, 5) is 14.5. The Balaban J connectivity index is 2.17. The molecule has 0 aliphatic heterocycles. The monoisotopic (exact) mass is 235 g/mol. The van der Waals surface area contributed by atoms with Crippen LogP contribution < -0.4 is 5.32 Å². The number of anilines is 1. The van der Waals surface area contributed by atoms with E-state index in [-0.39, 0.29) is 11.2 Å². The zero-order chi connectivity index (χ0) is 12.5. The standard InChI is InChI=1S/C12H17N3O2/c1-3-12(7-4-8-12)14-11-6-5-10(15(16)17)9(2)13-11/h5-6H,3-4,7-8H2,1-2H3,(H,13,14). The second kappa shape index (κ2) is 4.31. The minimum atomic E-state index is -0.398. The fraction of sp³-hybridized carbons (Fsp3) is 0.583. The zero-order valence-electron chi connectivity index (χ0n) is 10.2. The van der Waals surface area contributed by atoms with Gasteiger partial charge in [0.05, 0.1) is 4.92 Å². The number of nitrogens with zero attached hydrogens (tertiary/aromatic N) is 2. The van der Waals surface area contributed by atoms with Crippen LogP contribution in [0.15, 0.2) is 12.1 Å². The van der Waals surface area contributed by atoms with Crippen LogP contribution in [0.4, 0.5) is 11.5 Å². The van der Waals surface area contributed by atoms with Gasteiger partial charge in [-0.2, -0.15) is 0 Å². The van der Waals surface area contributed by atoms with E-state index in [2.05, 4.69) is 17.2 Å². The van der Waals surface area contributed by atoms with Crippen LogP contribution in [-0.4, -0.2) is 15.4 Å². The summed E-state index contributed by atoms with van der Waals surface area (Å²) >= 11 is 0. The van der Waals surface area contributed by atoms with Crippen LogP contribution >= 0.6 is 0 Å². The Morgan fingerprint density at radius 2 is 2.24 bits per heavy atom. The molecule has 1 aromatic rings. The lowest BCUT2D eigenvalue weighted by Gasteiger charge is -2.42. The number of nitro groups is 1. The van der Waals surface area contributed by atoms with Crippen LogP contribution in [0.2, 0.25) is 0 Å². The molecule has 5 nitrogen and oxygen atoms in total. The van der Waals surface area contributed by atoms with E-state index < -0.39 is 4.92 Å². The van der Waals surface area contributed by atoms with Crippen LogP contribution in [0.25, 0.3) is 0 Å². The minimum Gasteiger partial charge on any atom is -0.365 e. The molecule has 5 heteroatoms. The smallest absolute Gasteiger partial charge is 0.290 e. The molecule has 0 amide bonds. The predicted molar refractivity (Wildman–Crippen MR) is 66.1 cm³/mol. The first kappa shape index (κ1) is 11.8. The molecular weight excluding hydrogens is 218 g/mol. The molecule has 0 saturated heterocycles. The predicted octanol–water partition coefficient (Wildman–Crippen LogP) is 3.04. The molecule has 1 aromatic heterocycles. The third-order valence-electron chi connectivity index (χ3n) is 3.64. The molecule has 0 atom stereocenters. The first-order valence-corrected chi connectivity index (χ1v) is 5.96. The number of hydrogen-bond donors (Lipinski definition) is 1. The van der Waals surface area contributed by atoms with Gasteiger partial charge in [-0.1, -0.05) is 6.92 Å². The summed E-state index contributed by atoms with van der Waals surface area (Å²) in [5.41, 5.74) is 0.704. The van der Waals surface area contributed by atoms with E-state index in [0.29, 0.717) is 5.69 Å². The number of rotatable bonds is 4. The third-order valence-corrected chi connectivity index (χ3v) is 3.64. The quantitative estimate of drug-likeness (QED) is 0.643. The topological polar surface area (TPSA) is 68.1 Å². The van der Waals surface area contributed by atoms with Crippen molar-refractivity contribution in [1.82, 2.24) is 4.98 Å². The van der Waals surface area contributed by atoms with Crippen molar-refractivity contribution in [3.8, 4) is 0 Å². The van der Waals surface area contributed by atoms with Gasteiger partial charge in [-0.3, -0.25) is 10.1 Å². The SMILES string of the molecule is CCC1(Nc2ccc([N+](=O)[O-])c(C)n2)CCC1. The van der Waals surface area contributed by atoms with Crippen molar-refractivity contribution in [2.75, 3.05) is 5.32 Å². The largest absolute Gasteiger partial charge is 0.365 e. The molecule has 1 fully saturated rings. The van der Waals surface area contributed by atoms with E-state index in [4.69, 9.17) is 0 Å². The van der Waals surface area contributed by atoms with Crippen molar-refractivity contribution < 1.29 is 4.92 Å². The van der Waals surface area contributed by atoms with E-state index in [0.717, 1.165) is 25.1 Å². The first-order chi connectivity index (χ1) is 8.06. The fourth-order valence-electron chi connectivity index (χ4n) is 2.26. The zero-order valence-corrected chi connectivity index (χ0v) is 10.2. The van der Waals surface area contributed by atoms with Crippen molar-refractivity contribution >= 4 is 11.5 Å². The summed E-state index contributed by atoms with van der Waals surface area (Å²) < 4.78 is 0. The van der Waals surface area contributed by atoms with E-state index >= 15 is 0 Å². The number of nitrogens with one attached hydrogen (secondary N) is 1. The molecule has 1 aliphatic rings. The van der Waals surface area contributed by atoms with E-state index in [1.165, 1.54) is 12.5 Å². The third kappa shape index (κ3) is 2.23. The maximum Gasteiger partial charge on any atom is 0.290 e. The van der Waals surface area contributed by atoms with E-state index in [1.807, 2.05) is 0 Å². The van der Waals surface area contributed by atoms with Crippen LogP contribution in [0.1, 0.15) is 38.3 Å². The summed E-state index contributed by atoms with van der Waals surface area (Å²) in [7, 11) is 0. The second-order valence-corrected chi connectivity index (χ2v) is 4.67. The Morgan fingerprint density at radius 1 is 1.53 bits per heavy atom. The average Bonchev–Trinajstić information content (AvgIpc) is 2.23. The summed E-state index contributed by atoms with van der Waals surface area (Å²) in [6.07, 6.45) is 4.61. The first-order valence-electron chi connectivity index (χ1n) is 5.96. The van der Waals surface area contributed by atoms with Gasteiger partial charge >= 0.3 is 0 Å². The average molecular weight is 235 g/mol. The molecule has 0 bridgehead atoms. The van der Waals surface area contributed by atoms with Crippen LogP contribution in [-0.2, 0) is 0 Å². The van der Waals surface area contributed by atoms with Crippen molar-refractivity contribution in [1.29, 1.82) is 0 Å². The lowest BCUT2D eigenvalue weighted by atomic mass is 9.75. The highest BCUT2D eigenvalue weighted by molar-refractivity contribution is 5.46. The van der Waals surface area contributed by atoms with Crippen LogP contribution in [0.5, 0.6) is 0 Å². The molecular formula is C12H17N3O2. The highest BCUT2D eigenvalue weighted by atomic mass is 16.6. The van der Waals surface area contributed by atoms with Gasteiger partial charge < -0.3 is 5.32 Å². The molecule has 0 radical (unpaired) electrons. The Bertz CT molecular complexity index is 436. The van der Waals surface area contributed by atoms with Gasteiger partial charge in [-0.15, -0.1) is 0 Å². The molecule has 0 aromatic carbocycles. The van der Waals surface area contributed by atoms with Gasteiger partial charge in [0.2, 0.25) is 0 Å². The van der Waals surface area contributed by atoms with Crippen molar-refractivity contribution in [2.24, 2.45) is 0 Å². The van der Waals surface area contributed by atoms with Crippen LogP contribution in [0, 0.1) is 17.0 Å². The number of aromatic nitrogens is 1. The number of pyridine rings is 1. The van der Waals surface area contributed by atoms with Crippen LogP contribution in [0.3, 0.4) is 0 Å². The molecule has 1 N–H and O–H groups in total. The number of aryl methyl sites for hydroxylation is 1. The molecule has 2 rings (SSSR count). The van der Waals surface area contributed by atoms with Crippen molar-refractivity contribution in [3.05, 3.63) is 27.9 Å². The van der Waals surface area contributed by atoms with E-state index in [9.17, 15) is 10.1 Å². The normalized spacial score (nSPS) is 17.3. The van der Waals surface area contributed by atoms with Crippen molar-refractivity contribution in [3.63, 3.8) is 0 Å². The Kier molecular flexibility index (Phi) is 3.00.